The molecule has 0 radical (unpaired) electrons. The van der Waals surface area contributed by atoms with Crippen LogP contribution in [0, 0.1) is 13.8 Å². The van der Waals surface area contributed by atoms with Crippen molar-refractivity contribution in [3.63, 3.8) is 0 Å². The quantitative estimate of drug-likeness (QED) is 0.816. The smallest absolute Gasteiger partial charge is 0.254 e. The molecule has 1 aromatic carbocycles. The van der Waals surface area contributed by atoms with E-state index in [2.05, 4.69) is 4.90 Å². The Kier molecular flexibility index (Phi) is 4.47. The van der Waals surface area contributed by atoms with Gasteiger partial charge in [-0.1, -0.05) is 17.7 Å². The minimum atomic E-state index is -2.85. The molecule has 1 atom stereocenters. The lowest BCUT2D eigenvalue weighted by Crippen LogP contribution is -2.52. The summed E-state index contributed by atoms with van der Waals surface area (Å²) in [5.74, 6) is 0.665. The van der Waals surface area contributed by atoms with Gasteiger partial charge >= 0.3 is 0 Å². The van der Waals surface area contributed by atoms with Crippen molar-refractivity contribution >= 4 is 15.7 Å². The second-order valence-electron chi connectivity index (χ2n) is 6.70. The molecule has 0 saturated carbocycles. The number of aryl methyl sites for hydroxylation is 2. The summed E-state index contributed by atoms with van der Waals surface area (Å²) in [6, 6.07) is 6.05. The number of carbonyl (C=O) groups is 1. The van der Waals surface area contributed by atoms with Gasteiger partial charge in [0.1, 0.15) is 0 Å². The van der Waals surface area contributed by atoms with Crippen LogP contribution in [-0.2, 0) is 9.84 Å². The molecule has 0 N–H and O–H groups in total. The molecule has 1 aromatic rings. The first-order chi connectivity index (χ1) is 10.9. The normalized spacial score (nSPS) is 24.8. The van der Waals surface area contributed by atoms with Crippen molar-refractivity contribution in [1.82, 2.24) is 9.80 Å². The molecular formula is C17H24N2O3S. The van der Waals surface area contributed by atoms with Crippen molar-refractivity contribution in [2.45, 2.75) is 26.3 Å². The summed E-state index contributed by atoms with van der Waals surface area (Å²) in [7, 11) is -2.85. The maximum Gasteiger partial charge on any atom is 0.254 e. The number of hydrogen-bond donors (Lipinski definition) is 0. The molecule has 0 aromatic heterocycles. The highest BCUT2D eigenvalue weighted by molar-refractivity contribution is 7.91. The highest BCUT2D eigenvalue weighted by Gasteiger charge is 2.34. The third kappa shape index (κ3) is 3.58. The molecule has 2 saturated heterocycles. The van der Waals surface area contributed by atoms with Gasteiger partial charge in [0.25, 0.3) is 5.91 Å². The standard InChI is InChI=1S/C17H24N2O3S/c1-13-3-4-16(14(2)11-13)17(20)19-8-6-18(7-9-19)15-5-10-23(21,22)12-15/h3-4,11,15H,5-10,12H2,1-2H3. The summed E-state index contributed by atoms with van der Waals surface area (Å²) < 4.78 is 23.2. The molecular weight excluding hydrogens is 312 g/mol. The Morgan fingerprint density at radius 2 is 1.83 bits per heavy atom. The van der Waals surface area contributed by atoms with Gasteiger partial charge in [0.2, 0.25) is 0 Å². The van der Waals surface area contributed by atoms with E-state index in [4.69, 9.17) is 0 Å². The monoisotopic (exact) mass is 336 g/mol. The van der Waals surface area contributed by atoms with Crippen LogP contribution in [0.1, 0.15) is 27.9 Å². The number of piperazine rings is 1. The van der Waals surface area contributed by atoms with E-state index in [0.29, 0.717) is 18.8 Å². The van der Waals surface area contributed by atoms with Gasteiger partial charge in [-0.15, -0.1) is 0 Å². The summed E-state index contributed by atoms with van der Waals surface area (Å²) in [6.07, 6.45) is 0.730. The van der Waals surface area contributed by atoms with E-state index >= 15 is 0 Å². The van der Waals surface area contributed by atoms with Gasteiger partial charge in [-0.25, -0.2) is 8.42 Å². The Balaban J connectivity index is 1.61. The minimum Gasteiger partial charge on any atom is -0.336 e. The topological polar surface area (TPSA) is 57.7 Å². The predicted molar refractivity (Wildman–Crippen MR) is 90.5 cm³/mol. The van der Waals surface area contributed by atoms with Gasteiger partial charge < -0.3 is 4.90 Å². The summed E-state index contributed by atoms with van der Waals surface area (Å²) >= 11 is 0. The molecule has 6 heteroatoms. The number of hydrogen-bond acceptors (Lipinski definition) is 4. The number of benzene rings is 1. The predicted octanol–water partition coefficient (Wildman–Crippen LogP) is 1.25. The highest BCUT2D eigenvalue weighted by atomic mass is 32.2. The fourth-order valence-corrected chi connectivity index (χ4v) is 5.34. The first-order valence-corrected chi connectivity index (χ1v) is 9.99. The van der Waals surface area contributed by atoms with E-state index in [1.165, 1.54) is 0 Å². The summed E-state index contributed by atoms with van der Waals surface area (Å²) in [5, 5.41) is 0. The van der Waals surface area contributed by atoms with E-state index in [0.717, 1.165) is 36.2 Å². The molecule has 126 valence electrons. The largest absolute Gasteiger partial charge is 0.336 e. The third-order valence-corrected chi connectivity index (χ3v) is 6.69. The van der Waals surface area contributed by atoms with Crippen LogP contribution >= 0.6 is 0 Å². The summed E-state index contributed by atoms with van der Waals surface area (Å²) in [5.41, 5.74) is 2.94. The van der Waals surface area contributed by atoms with Crippen LogP contribution in [0.4, 0.5) is 0 Å². The van der Waals surface area contributed by atoms with Crippen molar-refractivity contribution in [1.29, 1.82) is 0 Å². The average Bonchev–Trinajstić information content (AvgIpc) is 2.87. The van der Waals surface area contributed by atoms with Crippen LogP contribution in [-0.4, -0.2) is 67.9 Å². The lowest BCUT2D eigenvalue weighted by Gasteiger charge is -2.37. The van der Waals surface area contributed by atoms with Crippen molar-refractivity contribution in [3.8, 4) is 0 Å². The number of amides is 1. The van der Waals surface area contributed by atoms with Gasteiger partial charge in [-0.2, -0.15) is 0 Å². The number of nitrogens with zero attached hydrogens (tertiary/aromatic N) is 2. The van der Waals surface area contributed by atoms with Gasteiger partial charge in [0.05, 0.1) is 11.5 Å². The third-order valence-electron chi connectivity index (χ3n) is 4.94. The van der Waals surface area contributed by atoms with Crippen LogP contribution in [0.25, 0.3) is 0 Å². The number of sulfone groups is 1. The van der Waals surface area contributed by atoms with E-state index in [1.807, 2.05) is 36.9 Å². The zero-order chi connectivity index (χ0) is 16.6. The molecule has 3 rings (SSSR count). The van der Waals surface area contributed by atoms with Crippen LogP contribution in [0.5, 0.6) is 0 Å². The minimum absolute atomic E-state index is 0.0844. The molecule has 0 aliphatic carbocycles. The maximum atomic E-state index is 12.7. The van der Waals surface area contributed by atoms with Crippen LogP contribution in [0.15, 0.2) is 18.2 Å². The first kappa shape index (κ1) is 16.5. The molecule has 1 unspecified atom stereocenters. The Morgan fingerprint density at radius 1 is 1.13 bits per heavy atom. The lowest BCUT2D eigenvalue weighted by atomic mass is 10.0. The van der Waals surface area contributed by atoms with Crippen molar-refractivity contribution < 1.29 is 13.2 Å². The van der Waals surface area contributed by atoms with Gasteiger partial charge in [0.15, 0.2) is 9.84 Å². The second kappa shape index (κ2) is 6.24. The SMILES string of the molecule is Cc1ccc(C(=O)N2CCN(C3CCS(=O)(=O)C3)CC2)c(C)c1. The van der Waals surface area contributed by atoms with E-state index in [-0.39, 0.29) is 17.7 Å². The fourth-order valence-electron chi connectivity index (χ4n) is 3.58. The number of carbonyl (C=O) groups excluding carboxylic acids is 1. The Hall–Kier alpha value is -1.40. The molecule has 2 fully saturated rings. The molecule has 2 aliphatic rings. The maximum absolute atomic E-state index is 12.7. The average molecular weight is 336 g/mol. The van der Waals surface area contributed by atoms with Gasteiger partial charge in [0, 0.05) is 37.8 Å². The fraction of sp³-hybridized carbons (Fsp3) is 0.588. The molecule has 5 nitrogen and oxygen atoms in total. The molecule has 2 heterocycles. The Labute approximate surface area is 138 Å². The number of rotatable bonds is 2. The lowest BCUT2D eigenvalue weighted by molar-refractivity contribution is 0.0587. The Morgan fingerprint density at radius 3 is 2.39 bits per heavy atom. The van der Waals surface area contributed by atoms with Crippen molar-refractivity contribution in [2.24, 2.45) is 0 Å². The van der Waals surface area contributed by atoms with Crippen molar-refractivity contribution in [3.05, 3.63) is 34.9 Å². The molecule has 23 heavy (non-hydrogen) atoms. The molecule has 1 amide bonds. The van der Waals surface area contributed by atoms with Gasteiger partial charge in [-0.3, -0.25) is 9.69 Å². The van der Waals surface area contributed by atoms with E-state index in [9.17, 15) is 13.2 Å². The van der Waals surface area contributed by atoms with Gasteiger partial charge in [-0.05, 0) is 31.9 Å². The molecule has 0 bridgehead atoms. The molecule has 2 aliphatic heterocycles. The van der Waals surface area contributed by atoms with Crippen molar-refractivity contribution in [2.75, 3.05) is 37.7 Å². The first-order valence-electron chi connectivity index (χ1n) is 8.17. The second-order valence-corrected chi connectivity index (χ2v) is 8.93. The summed E-state index contributed by atoms with van der Waals surface area (Å²) in [6.45, 7) is 6.86. The zero-order valence-corrected chi connectivity index (χ0v) is 14.6. The van der Waals surface area contributed by atoms with Crippen LogP contribution in [0.3, 0.4) is 0 Å². The Bertz CT molecular complexity index is 707. The molecule has 0 spiro atoms. The van der Waals surface area contributed by atoms with E-state index in [1.54, 1.807) is 0 Å². The summed E-state index contributed by atoms with van der Waals surface area (Å²) in [4.78, 5) is 16.8. The zero-order valence-electron chi connectivity index (χ0n) is 13.8. The van der Waals surface area contributed by atoms with Crippen LogP contribution in [0.2, 0.25) is 0 Å². The van der Waals surface area contributed by atoms with Crippen LogP contribution < -0.4 is 0 Å². The highest BCUT2D eigenvalue weighted by Crippen LogP contribution is 2.20. The van der Waals surface area contributed by atoms with E-state index < -0.39 is 9.84 Å².